The minimum Gasteiger partial charge on any atom is -0.462 e. The first kappa shape index (κ1) is 79.7. The van der Waals surface area contributed by atoms with E-state index >= 15 is 0 Å². The molecule has 0 saturated carbocycles. The van der Waals surface area contributed by atoms with Gasteiger partial charge in [-0.05, 0) is 39.0 Å². The number of hydrogen-bond acceptors (Lipinski definition) is 11. The van der Waals surface area contributed by atoms with Crippen LogP contribution in [0.2, 0.25) is 0 Å². The lowest BCUT2D eigenvalue weighted by Gasteiger charge is -2.21. The third-order valence-corrected chi connectivity index (χ3v) is 16.7. The van der Waals surface area contributed by atoms with Crippen LogP contribution in [0.25, 0.3) is 0 Å². The van der Waals surface area contributed by atoms with Gasteiger partial charge in [-0.2, -0.15) is 11.8 Å². The van der Waals surface area contributed by atoms with E-state index in [0.717, 1.165) is 89.3 Å². The molecule has 0 aliphatic carbocycles. The molecule has 0 saturated heterocycles. The summed E-state index contributed by atoms with van der Waals surface area (Å²) in [6.45, 7) is 13.3. The first-order chi connectivity index (χ1) is 40.5. The number of Topliss-reactive ketones (excluding diaryl/α,β-unsaturated/α-hetero) is 2. The zero-order valence-electron chi connectivity index (χ0n) is 54.7. The van der Waals surface area contributed by atoms with Crippen molar-refractivity contribution in [2.75, 3.05) is 24.7 Å². The molecule has 2 N–H and O–H groups in total. The van der Waals surface area contributed by atoms with Crippen molar-refractivity contribution in [1.29, 1.82) is 0 Å². The van der Waals surface area contributed by atoms with Crippen LogP contribution in [0.4, 0.5) is 0 Å². The van der Waals surface area contributed by atoms with Gasteiger partial charge < -0.3 is 20.1 Å². The molecule has 0 unspecified atom stereocenters. The third kappa shape index (κ3) is 56.3. The molecule has 1 heterocycles. The van der Waals surface area contributed by atoms with Crippen LogP contribution in [-0.2, 0) is 51.2 Å². The summed E-state index contributed by atoms with van der Waals surface area (Å²) < 4.78 is 13.6. The van der Waals surface area contributed by atoms with Crippen LogP contribution in [0.5, 0.6) is 0 Å². The molecule has 0 bridgehead atoms. The van der Waals surface area contributed by atoms with Crippen LogP contribution in [0.1, 0.15) is 349 Å². The fourth-order valence-corrected chi connectivity index (χ4v) is 11.2. The van der Waals surface area contributed by atoms with Gasteiger partial charge in [-0.1, -0.05) is 277 Å². The Hall–Kier alpha value is -3.29. The van der Waals surface area contributed by atoms with Crippen LogP contribution < -0.4 is 10.6 Å². The first-order valence-corrected chi connectivity index (χ1v) is 36.0. The van der Waals surface area contributed by atoms with Gasteiger partial charge >= 0.3 is 11.9 Å². The number of ketones is 2. The number of thioether (sulfide) groups is 1. The predicted octanol–water partition coefficient (Wildman–Crippen LogP) is 18.2. The number of unbranched alkanes of at least 4 members (excludes halogenated alkanes) is 37. The predicted molar refractivity (Wildman–Crippen MR) is 348 cm³/mol. The van der Waals surface area contributed by atoms with E-state index in [2.05, 4.69) is 48.6 Å². The summed E-state index contributed by atoms with van der Waals surface area (Å²) >= 11 is 1.47. The van der Waals surface area contributed by atoms with Crippen molar-refractivity contribution >= 4 is 47.1 Å². The molecule has 0 aromatic carbocycles. The molecule has 14 heteroatoms. The summed E-state index contributed by atoms with van der Waals surface area (Å²) in [7, 11) is 0. The first-order valence-electron chi connectivity index (χ1n) is 34.9. The average Bonchev–Trinajstić information content (AvgIpc) is 3.94. The maximum Gasteiger partial charge on any atom is 0.306 e. The Bertz CT molecular complexity index is 1680. The van der Waals surface area contributed by atoms with Crippen molar-refractivity contribution in [2.24, 2.45) is 0 Å². The zero-order chi connectivity index (χ0) is 60.9. The molecule has 1 aromatic rings. The Morgan fingerprint density at radius 1 is 0.470 bits per heavy atom. The lowest BCUT2D eigenvalue weighted by atomic mass is 10.0. The van der Waals surface area contributed by atoms with Gasteiger partial charge in [-0.3, -0.25) is 33.4 Å². The Morgan fingerprint density at radius 2 is 0.880 bits per heavy atom. The molecule has 0 fully saturated rings. The molecule has 0 spiro atoms. The highest BCUT2D eigenvalue weighted by atomic mass is 32.2. The second kappa shape index (κ2) is 61.8. The van der Waals surface area contributed by atoms with Gasteiger partial charge in [0.05, 0.1) is 18.3 Å². The van der Waals surface area contributed by atoms with Gasteiger partial charge in [-0.25, -0.2) is 0 Å². The number of carbonyl (C=O) groups is 6. The van der Waals surface area contributed by atoms with E-state index < -0.39 is 12.1 Å². The number of nitrogens with one attached hydrogen (secondary N) is 2. The van der Waals surface area contributed by atoms with E-state index in [0.29, 0.717) is 43.6 Å². The maximum atomic E-state index is 13.8. The van der Waals surface area contributed by atoms with E-state index in [-0.39, 0.29) is 54.9 Å². The molecule has 0 aliphatic heterocycles. The number of hydrogen-bond donors (Lipinski definition) is 2. The highest BCUT2D eigenvalue weighted by Crippen LogP contribution is 2.19. The highest BCUT2D eigenvalue weighted by molar-refractivity contribution is 7.99. The Labute approximate surface area is 513 Å². The number of amides is 2. The van der Waals surface area contributed by atoms with Gasteiger partial charge in [0.15, 0.2) is 5.78 Å². The SMILES string of the molecule is CCCC(=O)NCC(C)=O.CCCCCCCCCCCCCCCC(=O)N[C@@H](CSC[C@H](COC(=O)CCCCCCCCCCCCCCC)OC(=O)CCCCCCCCCCCCCCC)C(=O)CCc1cn(CCCC)nn1. The number of aromatic nitrogens is 3. The number of esters is 2. The zero-order valence-corrected chi connectivity index (χ0v) is 55.5. The van der Waals surface area contributed by atoms with Gasteiger partial charge in [-0.15, -0.1) is 5.10 Å². The molecule has 13 nitrogen and oxygen atoms in total. The van der Waals surface area contributed by atoms with Crippen molar-refractivity contribution in [3.8, 4) is 0 Å². The number of rotatable bonds is 61. The quantitative estimate of drug-likeness (QED) is 0.0469. The number of aryl methyl sites for hydroxylation is 2. The van der Waals surface area contributed by atoms with E-state index in [1.165, 1.54) is 211 Å². The largest absolute Gasteiger partial charge is 0.462 e. The lowest BCUT2D eigenvalue weighted by Crippen LogP contribution is -2.43. The van der Waals surface area contributed by atoms with Crippen LogP contribution in [-0.4, -0.2) is 87.1 Å². The Kier molecular flexibility index (Phi) is 59.3. The molecular formula is C69H129N5O8S. The maximum absolute atomic E-state index is 13.8. The van der Waals surface area contributed by atoms with E-state index in [4.69, 9.17) is 9.47 Å². The third-order valence-electron chi connectivity index (χ3n) is 15.5. The fourth-order valence-electron chi connectivity index (χ4n) is 10.1. The standard InChI is InChI=1S/C62H116N4O6S.C7H13NO2/c1-5-9-13-16-19-22-25-28-31-34-37-40-43-46-60(68)63-58(59(67)50-49-56-52-66(65-64-56)51-12-8-4)55-73-54-57(72-62(70)48-45-42-39-36-33-30-27-24-21-18-15-11-7-3)53-71-61(69)47-44-41-38-35-32-29-26-23-20-17-14-10-6-2;1-3-4-7(10)8-5-6(2)9/h52,57-58H,5-51,53-55H2,1-4H3,(H,63,68);3-5H2,1-2H3,(H,8,10)/t57-,58-;/m0./s1. The van der Waals surface area contributed by atoms with E-state index in [1.54, 1.807) is 0 Å². The van der Waals surface area contributed by atoms with Crippen molar-refractivity contribution in [3.63, 3.8) is 0 Å². The number of ether oxygens (including phenoxy) is 2. The summed E-state index contributed by atoms with van der Waals surface area (Å²) in [4.78, 5) is 74.3. The molecule has 1 rings (SSSR count). The molecule has 2 amide bonds. The van der Waals surface area contributed by atoms with Gasteiger partial charge in [0.2, 0.25) is 11.8 Å². The summed E-state index contributed by atoms with van der Waals surface area (Å²) in [6.07, 6.45) is 54.9. The second-order valence-corrected chi connectivity index (χ2v) is 25.0. The van der Waals surface area contributed by atoms with Crippen molar-refractivity contribution in [3.05, 3.63) is 11.9 Å². The molecule has 83 heavy (non-hydrogen) atoms. The monoisotopic (exact) mass is 1190 g/mol. The normalized spacial score (nSPS) is 11.9. The molecular weight excluding hydrogens is 1060 g/mol. The Balaban J connectivity index is 0.00000609. The number of nitrogens with zero attached hydrogens (tertiary/aromatic N) is 3. The average molecular weight is 1190 g/mol. The smallest absolute Gasteiger partial charge is 0.306 e. The lowest BCUT2D eigenvalue weighted by molar-refractivity contribution is -0.157. The molecule has 1 aromatic heterocycles. The summed E-state index contributed by atoms with van der Waals surface area (Å²) in [5, 5.41) is 14.1. The minimum absolute atomic E-state index is 0.00761. The Morgan fingerprint density at radius 3 is 1.30 bits per heavy atom. The molecule has 0 radical (unpaired) electrons. The van der Waals surface area contributed by atoms with Crippen molar-refractivity contribution < 1.29 is 38.2 Å². The molecule has 484 valence electrons. The minimum atomic E-state index is -0.685. The highest BCUT2D eigenvalue weighted by Gasteiger charge is 2.24. The van der Waals surface area contributed by atoms with E-state index in [1.807, 2.05) is 17.8 Å². The summed E-state index contributed by atoms with van der Waals surface area (Å²) in [5.41, 5.74) is 0.769. The van der Waals surface area contributed by atoms with E-state index in [9.17, 15) is 28.8 Å². The van der Waals surface area contributed by atoms with Crippen molar-refractivity contribution in [2.45, 2.75) is 368 Å². The van der Waals surface area contributed by atoms with Crippen molar-refractivity contribution in [1.82, 2.24) is 25.6 Å². The molecule has 2 atom stereocenters. The van der Waals surface area contributed by atoms with Crippen LogP contribution >= 0.6 is 11.8 Å². The second-order valence-electron chi connectivity index (χ2n) is 24.0. The van der Waals surface area contributed by atoms with Crippen LogP contribution in [0.15, 0.2) is 6.20 Å². The van der Waals surface area contributed by atoms with Gasteiger partial charge in [0.1, 0.15) is 18.5 Å². The molecule has 0 aliphatic rings. The summed E-state index contributed by atoms with van der Waals surface area (Å²) in [6, 6.07) is -0.685. The van der Waals surface area contributed by atoms with Crippen LogP contribution in [0, 0.1) is 0 Å². The van der Waals surface area contributed by atoms with Gasteiger partial charge in [0.25, 0.3) is 0 Å². The topological polar surface area (TPSA) is 176 Å². The number of carbonyl (C=O) groups excluding carboxylic acids is 6. The fraction of sp³-hybridized carbons (Fsp3) is 0.884. The van der Waals surface area contributed by atoms with Crippen LogP contribution in [0.3, 0.4) is 0 Å². The summed E-state index contributed by atoms with van der Waals surface area (Å²) in [5.74, 6) is -0.0305. The van der Waals surface area contributed by atoms with Gasteiger partial charge in [0, 0.05) is 62.8 Å².